The van der Waals surface area contributed by atoms with Gasteiger partial charge in [0, 0.05) is 52.6 Å². The molecule has 3 heterocycles. The third-order valence-corrected chi connectivity index (χ3v) is 5.75. The minimum absolute atomic E-state index is 0.305. The van der Waals surface area contributed by atoms with Crippen LogP contribution in [0.4, 0.5) is 33.2 Å². The molecule has 0 aliphatic heterocycles. The lowest BCUT2D eigenvalue weighted by Crippen LogP contribution is -2.02. The summed E-state index contributed by atoms with van der Waals surface area (Å²) in [7, 11) is 1.81. The smallest absolute Gasteiger partial charge is 0.139 e. The van der Waals surface area contributed by atoms with Crippen LogP contribution in [-0.4, -0.2) is 27.0 Å². The van der Waals surface area contributed by atoms with Crippen LogP contribution < -0.4 is 16.0 Å². The number of aryl methyl sites for hydroxylation is 1. The molecular weight excluding hydrogens is 465 g/mol. The number of hydrogen-bond donors (Lipinski definition) is 3. The molecular formula is C26H21ClFN7. The molecule has 0 bridgehead atoms. The Balaban J connectivity index is 1.57. The van der Waals surface area contributed by atoms with E-state index in [2.05, 4.69) is 35.9 Å². The van der Waals surface area contributed by atoms with Gasteiger partial charge in [0.15, 0.2) is 0 Å². The highest BCUT2D eigenvalue weighted by molar-refractivity contribution is 6.30. The molecule has 0 radical (unpaired) electrons. The number of pyridine rings is 2. The Labute approximate surface area is 206 Å². The number of rotatable bonds is 6. The number of anilines is 5. The van der Waals surface area contributed by atoms with E-state index in [4.69, 9.17) is 11.6 Å². The van der Waals surface area contributed by atoms with Crippen molar-refractivity contribution in [3.05, 3.63) is 89.7 Å². The highest BCUT2D eigenvalue weighted by atomic mass is 35.5. The van der Waals surface area contributed by atoms with Crippen molar-refractivity contribution in [1.29, 1.82) is 0 Å². The molecule has 0 aliphatic rings. The van der Waals surface area contributed by atoms with Gasteiger partial charge in [-0.3, -0.25) is 0 Å². The van der Waals surface area contributed by atoms with Crippen LogP contribution in [0.3, 0.4) is 0 Å². The fourth-order valence-corrected chi connectivity index (χ4v) is 4.09. The maximum atomic E-state index is 13.9. The molecule has 0 amide bonds. The second-order valence-corrected chi connectivity index (χ2v) is 8.29. The summed E-state index contributed by atoms with van der Waals surface area (Å²) in [4.78, 5) is 17.7. The topological polar surface area (TPSA) is 87.7 Å². The monoisotopic (exact) mass is 485 g/mol. The third-order valence-electron chi connectivity index (χ3n) is 5.53. The second-order valence-electron chi connectivity index (χ2n) is 7.86. The average Bonchev–Trinajstić information content (AvgIpc) is 2.85. The van der Waals surface area contributed by atoms with Crippen LogP contribution >= 0.6 is 11.6 Å². The summed E-state index contributed by atoms with van der Waals surface area (Å²) in [6.07, 6.45) is 4.96. The molecule has 0 saturated heterocycles. The predicted octanol–water partition coefficient (Wildman–Crippen LogP) is 6.72. The number of halogens is 2. The molecule has 174 valence electrons. The fraction of sp³-hybridized carbons (Fsp3) is 0.0769. The Bertz CT molecular complexity index is 1520. The molecule has 0 atom stereocenters. The van der Waals surface area contributed by atoms with Gasteiger partial charge in [-0.25, -0.2) is 24.3 Å². The second kappa shape index (κ2) is 9.52. The molecule has 3 N–H and O–H groups in total. The van der Waals surface area contributed by atoms with Gasteiger partial charge in [-0.15, -0.1) is 0 Å². The van der Waals surface area contributed by atoms with E-state index in [1.54, 1.807) is 18.5 Å². The van der Waals surface area contributed by atoms with Gasteiger partial charge >= 0.3 is 0 Å². The first-order chi connectivity index (χ1) is 17.0. The van der Waals surface area contributed by atoms with Crippen LogP contribution in [0.1, 0.15) is 5.56 Å². The number of hydrogen-bond acceptors (Lipinski definition) is 7. The Morgan fingerprint density at radius 2 is 1.69 bits per heavy atom. The number of nitrogens with one attached hydrogen (secondary N) is 3. The normalized spacial score (nSPS) is 10.9. The number of fused-ring (bicyclic) bond motifs is 1. The van der Waals surface area contributed by atoms with Crippen molar-refractivity contribution in [2.45, 2.75) is 6.92 Å². The predicted molar refractivity (Wildman–Crippen MR) is 139 cm³/mol. The van der Waals surface area contributed by atoms with Crippen LogP contribution in [-0.2, 0) is 0 Å². The first kappa shape index (κ1) is 22.5. The summed E-state index contributed by atoms with van der Waals surface area (Å²) in [5.41, 5.74) is 4.00. The molecule has 0 unspecified atom stereocenters. The van der Waals surface area contributed by atoms with Crippen LogP contribution in [0.2, 0.25) is 5.02 Å². The lowest BCUT2D eigenvalue weighted by Gasteiger charge is -2.17. The van der Waals surface area contributed by atoms with Crippen LogP contribution in [0, 0.1) is 12.7 Å². The minimum Gasteiger partial charge on any atom is -0.373 e. The van der Waals surface area contributed by atoms with E-state index < -0.39 is 5.82 Å². The van der Waals surface area contributed by atoms with Gasteiger partial charge in [0.25, 0.3) is 0 Å². The summed E-state index contributed by atoms with van der Waals surface area (Å²) in [6, 6.07) is 15.9. The van der Waals surface area contributed by atoms with Gasteiger partial charge in [-0.1, -0.05) is 23.7 Å². The van der Waals surface area contributed by atoms with Crippen molar-refractivity contribution < 1.29 is 4.39 Å². The molecule has 7 nitrogen and oxygen atoms in total. The number of nitrogens with zero attached hydrogens (tertiary/aromatic N) is 4. The van der Waals surface area contributed by atoms with Gasteiger partial charge in [-0.2, -0.15) is 0 Å². The van der Waals surface area contributed by atoms with Gasteiger partial charge in [-0.05, 0) is 48.9 Å². The third kappa shape index (κ3) is 4.69. The summed E-state index contributed by atoms with van der Waals surface area (Å²) >= 11 is 6.02. The number of benzene rings is 2. The van der Waals surface area contributed by atoms with E-state index in [0.29, 0.717) is 28.2 Å². The molecule has 2 aromatic carbocycles. The molecule has 0 fully saturated rings. The Kier molecular flexibility index (Phi) is 6.12. The van der Waals surface area contributed by atoms with Crippen molar-refractivity contribution >= 4 is 51.2 Å². The Hall–Kier alpha value is -4.30. The average molecular weight is 486 g/mol. The van der Waals surface area contributed by atoms with Crippen molar-refractivity contribution in [3.63, 3.8) is 0 Å². The van der Waals surface area contributed by atoms with E-state index in [9.17, 15) is 4.39 Å². The lowest BCUT2D eigenvalue weighted by molar-refractivity contribution is 0.628. The van der Waals surface area contributed by atoms with E-state index in [1.807, 2.05) is 50.4 Å². The Morgan fingerprint density at radius 1 is 0.829 bits per heavy atom. The number of aromatic nitrogens is 4. The maximum Gasteiger partial charge on any atom is 0.139 e. The van der Waals surface area contributed by atoms with Crippen molar-refractivity contribution in [3.8, 4) is 11.3 Å². The van der Waals surface area contributed by atoms with E-state index >= 15 is 0 Å². The molecule has 0 spiro atoms. The Morgan fingerprint density at radius 3 is 2.51 bits per heavy atom. The molecule has 0 aliphatic carbocycles. The van der Waals surface area contributed by atoms with Crippen molar-refractivity contribution in [1.82, 2.24) is 19.9 Å². The van der Waals surface area contributed by atoms with E-state index in [-0.39, 0.29) is 0 Å². The standard InChI is InChI=1S/C26H21ClFN7/c1-15-5-6-20-19(7-9-31-25(20)34-18-11-16(27)10-17(28)12-18)24(15)35-26-21(4-3-8-30-26)22-13-23(29-2)33-14-32-22/h3-14H,1-2H3,(H,30,35)(H,31,34)(H,29,32,33). The maximum absolute atomic E-state index is 13.9. The van der Waals surface area contributed by atoms with Gasteiger partial charge < -0.3 is 16.0 Å². The molecule has 5 aromatic rings. The quantitative estimate of drug-likeness (QED) is 0.246. The van der Waals surface area contributed by atoms with Gasteiger partial charge in [0.2, 0.25) is 0 Å². The largest absolute Gasteiger partial charge is 0.373 e. The van der Waals surface area contributed by atoms with Crippen molar-refractivity contribution in [2.24, 2.45) is 0 Å². The van der Waals surface area contributed by atoms with Crippen LogP contribution in [0.5, 0.6) is 0 Å². The SMILES string of the molecule is CNc1cc(-c2cccnc2Nc2c(C)ccc3c(Nc4cc(F)cc(Cl)c4)nccc23)ncn1. The van der Waals surface area contributed by atoms with Crippen LogP contribution in [0.15, 0.2) is 73.3 Å². The summed E-state index contributed by atoms with van der Waals surface area (Å²) in [6.45, 7) is 2.02. The molecule has 5 rings (SSSR count). The zero-order valence-corrected chi connectivity index (χ0v) is 19.7. The van der Waals surface area contributed by atoms with E-state index in [0.717, 1.165) is 33.3 Å². The lowest BCUT2D eigenvalue weighted by atomic mass is 10.0. The molecule has 35 heavy (non-hydrogen) atoms. The zero-order chi connectivity index (χ0) is 24.4. The minimum atomic E-state index is -0.424. The summed E-state index contributed by atoms with van der Waals surface area (Å²) < 4.78 is 13.9. The van der Waals surface area contributed by atoms with Crippen LogP contribution in [0.25, 0.3) is 22.0 Å². The molecule has 3 aromatic heterocycles. The molecule has 9 heteroatoms. The highest BCUT2D eigenvalue weighted by Gasteiger charge is 2.14. The van der Waals surface area contributed by atoms with E-state index in [1.165, 1.54) is 18.5 Å². The summed E-state index contributed by atoms with van der Waals surface area (Å²) in [5.74, 6) is 1.53. The summed E-state index contributed by atoms with van der Waals surface area (Å²) in [5, 5.41) is 11.8. The first-order valence-electron chi connectivity index (χ1n) is 10.9. The first-order valence-corrected chi connectivity index (χ1v) is 11.2. The molecule has 0 saturated carbocycles. The fourth-order valence-electron chi connectivity index (χ4n) is 3.86. The van der Waals surface area contributed by atoms with Gasteiger partial charge in [0.05, 0.1) is 11.4 Å². The highest BCUT2D eigenvalue weighted by Crippen LogP contribution is 2.36. The van der Waals surface area contributed by atoms with Crippen molar-refractivity contribution in [2.75, 3.05) is 23.0 Å². The zero-order valence-electron chi connectivity index (χ0n) is 19.0. The van der Waals surface area contributed by atoms with Gasteiger partial charge in [0.1, 0.15) is 29.6 Å².